The number of hydrogen-bond acceptors (Lipinski definition) is 4. The van der Waals surface area contributed by atoms with Crippen LogP contribution in [0.15, 0.2) is 76.8 Å². The molecule has 0 N–H and O–H groups in total. The predicted molar refractivity (Wildman–Crippen MR) is 96.2 cm³/mol. The van der Waals surface area contributed by atoms with E-state index in [9.17, 15) is 4.79 Å². The van der Waals surface area contributed by atoms with Gasteiger partial charge in [0, 0.05) is 0 Å². The highest BCUT2D eigenvalue weighted by Gasteiger charge is 2.16. The van der Waals surface area contributed by atoms with Crippen LogP contribution in [0.1, 0.15) is 0 Å². The first kappa shape index (κ1) is 14.7. The maximum atomic E-state index is 13.0. The molecule has 4 rings (SSSR count). The van der Waals surface area contributed by atoms with Crippen LogP contribution in [0.4, 0.5) is 0 Å². The van der Waals surface area contributed by atoms with Crippen molar-refractivity contribution >= 4 is 22.8 Å². The number of benzene rings is 2. The molecule has 0 atom stereocenters. The van der Waals surface area contributed by atoms with Gasteiger partial charge in [0.1, 0.15) is 5.39 Å². The van der Waals surface area contributed by atoms with Crippen molar-refractivity contribution in [3.8, 4) is 11.4 Å². The van der Waals surface area contributed by atoms with Crippen LogP contribution in [0, 0.1) is 0 Å². The molecule has 2 heterocycles. The summed E-state index contributed by atoms with van der Waals surface area (Å²) in [5.74, 6) is 0. The zero-order valence-corrected chi connectivity index (χ0v) is 13.8. The Labute approximate surface area is 142 Å². The number of hydrogen-bond donors (Lipinski definition) is 0. The maximum Gasteiger partial charge on any atom is 0.269 e. The topological polar surface area (TPSA) is 52.7 Å². The third-order valence-electron chi connectivity index (χ3n) is 3.77. The molecule has 5 nitrogen and oxygen atoms in total. The Hall–Kier alpha value is -2.86. The first-order valence-corrected chi connectivity index (χ1v) is 8.67. The van der Waals surface area contributed by atoms with Crippen LogP contribution >= 0.6 is 11.8 Å². The molecule has 0 spiro atoms. The fourth-order valence-electron chi connectivity index (χ4n) is 2.65. The summed E-state index contributed by atoms with van der Waals surface area (Å²) < 4.78 is 3.33. The van der Waals surface area contributed by atoms with Crippen LogP contribution in [0.2, 0.25) is 0 Å². The van der Waals surface area contributed by atoms with Gasteiger partial charge in [-0.25, -0.2) is 9.67 Å². The van der Waals surface area contributed by atoms with E-state index in [1.54, 1.807) is 15.4 Å². The highest BCUT2D eigenvalue weighted by Crippen LogP contribution is 2.20. The SMILES string of the molecule is CSc1nc2c(cnn2-c2ccccc2)c(=O)n1-c1ccccc1. The Kier molecular flexibility index (Phi) is 3.66. The molecule has 24 heavy (non-hydrogen) atoms. The van der Waals surface area contributed by atoms with Crippen LogP contribution in [0.5, 0.6) is 0 Å². The number of nitrogens with zero attached hydrogens (tertiary/aromatic N) is 4. The largest absolute Gasteiger partial charge is 0.269 e. The Morgan fingerprint density at radius 2 is 1.54 bits per heavy atom. The second-order valence-electron chi connectivity index (χ2n) is 5.20. The van der Waals surface area contributed by atoms with E-state index < -0.39 is 0 Å². The number of thioether (sulfide) groups is 1. The van der Waals surface area contributed by atoms with Crippen LogP contribution in [-0.4, -0.2) is 25.6 Å². The average Bonchev–Trinajstić information content (AvgIpc) is 3.07. The summed E-state index contributed by atoms with van der Waals surface area (Å²) in [7, 11) is 0. The molecule has 6 heteroatoms. The molecule has 0 unspecified atom stereocenters. The van der Waals surface area contributed by atoms with E-state index in [0.29, 0.717) is 16.2 Å². The Morgan fingerprint density at radius 1 is 0.917 bits per heavy atom. The monoisotopic (exact) mass is 334 g/mol. The van der Waals surface area contributed by atoms with Crippen molar-refractivity contribution in [1.82, 2.24) is 19.3 Å². The van der Waals surface area contributed by atoms with Crippen molar-refractivity contribution in [1.29, 1.82) is 0 Å². The molecule has 0 aliphatic carbocycles. The normalized spacial score (nSPS) is 11.0. The van der Waals surface area contributed by atoms with Crippen LogP contribution in [0.3, 0.4) is 0 Å². The minimum Gasteiger partial charge on any atom is -0.268 e. The summed E-state index contributed by atoms with van der Waals surface area (Å²) in [6.45, 7) is 0. The zero-order valence-electron chi connectivity index (χ0n) is 13.0. The number of aromatic nitrogens is 4. The second kappa shape index (κ2) is 5.98. The molecule has 0 saturated carbocycles. The third-order valence-corrected chi connectivity index (χ3v) is 4.41. The Balaban J connectivity index is 2.02. The van der Waals surface area contributed by atoms with Gasteiger partial charge in [-0.15, -0.1) is 0 Å². The predicted octanol–water partition coefficient (Wildman–Crippen LogP) is 3.29. The zero-order chi connectivity index (χ0) is 16.5. The Morgan fingerprint density at radius 3 is 2.17 bits per heavy atom. The summed E-state index contributed by atoms with van der Waals surface area (Å²) in [6, 6.07) is 19.2. The summed E-state index contributed by atoms with van der Waals surface area (Å²) >= 11 is 1.44. The molecule has 0 amide bonds. The first-order valence-electron chi connectivity index (χ1n) is 7.45. The highest BCUT2D eigenvalue weighted by atomic mass is 32.2. The van der Waals surface area contributed by atoms with Crippen molar-refractivity contribution in [2.24, 2.45) is 0 Å². The molecule has 0 aliphatic rings. The lowest BCUT2D eigenvalue weighted by atomic mass is 10.3. The van der Waals surface area contributed by atoms with E-state index >= 15 is 0 Å². The smallest absolute Gasteiger partial charge is 0.268 e. The van der Waals surface area contributed by atoms with Gasteiger partial charge in [-0.05, 0) is 30.5 Å². The molecule has 4 aromatic rings. The summed E-state index contributed by atoms with van der Waals surface area (Å²) in [6.07, 6.45) is 3.50. The molecule has 118 valence electrons. The van der Waals surface area contributed by atoms with Gasteiger partial charge in [0.25, 0.3) is 5.56 Å². The van der Waals surface area contributed by atoms with Gasteiger partial charge in [-0.3, -0.25) is 9.36 Å². The summed E-state index contributed by atoms with van der Waals surface area (Å²) in [5, 5.41) is 5.50. The van der Waals surface area contributed by atoms with Gasteiger partial charge in [-0.2, -0.15) is 5.10 Å². The quantitative estimate of drug-likeness (QED) is 0.426. The van der Waals surface area contributed by atoms with E-state index in [1.165, 1.54) is 11.8 Å². The fourth-order valence-corrected chi connectivity index (χ4v) is 3.20. The molecule has 0 bridgehead atoms. The lowest BCUT2D eigenvalue weighted by molar-refractivity contribution is 0.803. The van der Waals surface area contributed by atoms with Crippen LogP contribution in [-0.2, 0) is 0 Å². The maximum absolute atomic E-state index is 13.0. The lowest BCUT2D eigenvalue weighted by Crippen LogP contribution is -2.21. The third kappa shape index (κ3) is 2.32. The number of fused-ring (bicyclic) bond motifs is 1. The molecular formula is C18H14N4OS. The summed E-state index contributed by atoms with van der Waals surface area (Å²) in [5.41, 5.74) is 2.14. The first-order chi connectivity index (χ1) is 11.8. The van der Waals surface area contributed by atoms with Gasteiger partial charge in [-0.1, -0.05) is 48.2 Å². The van der Waals surface area contributed by atoms with Crippen molar-refractivity contribution in [3.63, 3.8) is 0 Å². The van der Waals surface area contributed by atoms with E-state index in [4.69, 9.17) is 4.98 Å². The van der Waals surface area contributed by atoms with E-state index in [1.807, 2.05) is 66.9 Å². The molecular weight excluding hydrogens is 320 g/mol. The minimum atomic E-state index is -0.113. The van der Waals surface area contributed by atoms with Crippen molar-refractivity contribution in [3.05, 3.63) is 77.2 Å². The van der Waals surface area contributed by atoms with Crippen molar-refractivity contribution in [2.45, 2.75) is 5.16 Å². The van der Waals surface area contributed by atoms with Crippen LogP contribution in [0.25, 0.3) is 22.4 Å². The second-order valence-corrected chi connectivity index (χ2v) is 5.98. The lowest BCUT2D eigenvalue weighted by Gasteiger charge is -2.11. The molecule has 2 aromatic carbocycles. The standard InChI is InChI=1S/C18H14N4OS/c1-24-18-20-16-15(12-19-22(16)14-10-6-3-7-11-14)17(23)21(18)13-8-4-2-5-9-13/h2-12H,1H3. The summed E-state index contributed by atoms with van der Waals surface area (Å²) in [4.78, 5) is 17.7. The van der Waals surface area contributed by atoms with E-state index in [2.05, 4.69) is 5.10 Å². The van der Waals surface area contributed by atoms with Gasteiger partial charge >= 0.3 is 0 Å². The van der Waals surface area contributed by atoms with Crippen molar-refractivity contribution in [2.75, 3.05) is 6.26 Å². The molecule has 0 aliphatic heterocycles. The molecule has 0 fully saturated rings. The van der Waals surface area contributed by atoms with Gasteiger partial charge in [0.2, 0.25) is 0 Å². The van der Waals surface area contributed by atoms with Gasteiger partial charge < -0.3 is 0 Å². The van der Waals surface area contributed by atoms with Gasteiger partial charge in [0.15, 0.2) is 10.8 Å². The molecule has 0 saturated heterocycles. The minimum absolute atomic E-state index is 0.113. The van der Waals surface area contributed by atoms with Crippen molar-refractivity contribution < 1.29 is 0 Å². The molecule has 2 aromatic heterocycles. The van der Waals surface area contributed by atoms with E-state index in [0.717, 1.165) is 11.4 Å². The Bertz CT molecular complexity index is 1060. The van der Waals surface area contributed by atoms with Gasteiger partial charge in [0.05, 0.1) is 17.6 Å². The molecule has 0 radical (unpaired) electrons. The highest BCUT2D eigenvalue weighted by molar-refractivity contribution is 7.98. The van der Waals surface area contributed by atoms with E-state index in [-0.39, 0.29) is 5.56 Å². The van der Waals surface area contributed by atoms with Crippen LogP contribution < -0.4 is 5.56 Å². The number of para-hydroxylation sites is 2. The number of rotatable bonds is 3. The average molecular weight is 334 g/mol. The fraction of sp³-hybridized carbons (Fsp3) is 0.0556.